The molecule has 0 aliphatic rings. The maximum atomic E-state index is 11.2. The average molecular weight is 311 g/mol. The first-order valence-corrected chi connectivity index (χ1v) is 6.67. The first-order valence-electron chi connectivity index (χ1n) is 5.06. The number of rotatable bonds is 3. The molecule has 0 saturated heterocycles. The number of benzene rings is 1. The Morgan fingerprint density at radius 3 is 2.65 bits per heavy atom. The molecule has 2 aromatic rings. The van der Waals surface area contributed by atoms with E-state index in [1.165, 1.54) is 11.3 Å². The van der Waals surface area contributed by atoms with E-state index in [-0.39, 0.29) is 5.78 Å². The maximum absolute atomic E-state index is 11.2. The molecule has 0 N–H and O–H groups in total. The van der Waals surface area contributed by atoms with Gasteiger partial charge in [0.25, 0.3) is 0 Å². The van der Waals surface area contributed by atoms with Crippen molar-refractivity contribution in [3.63, 3.8) is 0 Å². The van der Waals surface area contributed by atoms with Crippen LogP contribution >= 0.6 is 27.3 Å². The Morgan fingerprint density at radius 2 is 2.06 bits per heavy atom. The molecule has 0 atom stereocenters. The van der Waals surface area contributed by atoms with Crippen molar-refractivity contribution in [3.05, 3.63) is 39.7 Å². The number of methoxy groups -OCH3 is 1. The van der Waals surface area contributed by atoms with Crippen LogP contribution in [-0.2, 0) is 0 Å². The molecule has 0 fully saturated rings. The highest BCUT2D eigenvalue weighted by Gasteiger charge is 2.08. The van der Waals surface area contributed by atoms with E-state index in [0.717, 1.165) is 25.5 Å². The summed E-state index contributed by atoms with van der Waals surface area (Å²) in [4.78, 5) is 13.1. The lowest BCUT2D eigenvalue weighted by atomic mass is 10.2. The summed E-state index contributed by atoms with van der Waals surface area (Å²) in [6.07, 6.45) is 0. The smallest absolute Gasteiger partial charge is 0.169 e. The Bertz CT molecular complexity index is 560. The highest BCUT2D eigenvalue weighted by Crippen LogP contribution is 2.34. The van der Waals surface area contributed by atoms with Crippen LogP contribution in [0.1, 0.15) is 16.6 Å². The lowest BCUT2D eigenvalue weighted by Gasteiger charge is -2.05. The monoisotopic (exact) mass is 310 g/mol. The van der Waals surface area contributed by atoms with E-state index in [0.29, 0.717) is 0 Å². The summed E-state index contributed by atoms with van der Waals surface area (Å²) in [5.41, 5.74) is 1.06. The Hall–Kier alpha value is -1.13. The molecule has 0 spiro atoms. The molecule has 17 heavy (non-hydrogen) atoms. The molecule has 0 unspecified atom stereocenters. The standard InChI is InChI=1S/C13H11BrO2S/c1-8(15)12-5-6-13(17-12)9-3-4-10(14)11(7-9)16-2/h3-7H,1-2H3. The van der Waals surface area contributed by atoms with Crippen molar-refractivity contribution < 1.29 is 9.53 Å². The van der Waals surface area contributed by atoms with E-state index in [2.05, 4.69) is 15.9 Å². The third-order valence-corrected chi connectivity index (χ3v) is 4.28. The number of hydrogen-bond donors (Lipinski definition) is 0. The van der Waals surface area contributed by atoms with Crippen molar-refractivity contribution >= 4 is 33.0 Å². The van der Waals surface area contributed by atoms with E-state index >= 15 is 0 Å². The summed E-state index contributed by atoms with van der Waals surface area (Å²) in [5, 5.41) is 0. The Kier molecular flexibility index (Phi) is 3.64. The number of hydrogen-bond acceptors (Lipinski definition) is 3. The molecule has 2 nitrogen and oxygen atoms in total. The van der Waals surface area contributed by atoms with Crippen LogP contribution < -0.4 is 4.74 Å². The molecule has 4 heteroatoms. The van der Waals surface area contributed by atoms with Gasteiger partial charge in [0.05, 0.1) is 16.5 Å². The van der Waals surface area contributed by atoms with Crippen LogP contribution in [0.25, 0.3) is 10.4 Å². The molecular weight excluding hydrogens is 300 g/mol. The lowest BCUT2D eigenvalue weighted by Crippen LogP contribution is -1.85. The highest BCUT2D eigenvalue weighted by atomic mass is 79.9. The van der Waals surface area contributed by atoms with Gasteiger partial charge in [-0.1, -0.05) is 6.07 Å². The summed E-state index contributed by atoms with van der Waals surface area (Å²) in [6, 6.07) is 9.73. The van der Waals surface area contributed by atoms with Crippen molar-refractivity contribution in [1.82, 2.24) is 0 Å². The molecule has 0 aliphatic heterocycles. The normalized spacial score (nSPS) is 10.3. The third kappa shape index (κ3) is 2.58. The molecule has 0 saturated carbocycles. The number of carbonyl (C=O) groups is 1. The fourth-order valence-corrected chi connectivity index (χ4v) is 2.80. The summed E-state index contributed by atoms with van der Waals surface area (Å²) in [7, 11) is 1.64. The molecule has 1 aromatic carbocycles. The van der Waals surface area contributed by atoms with Gasteiger partial charge in [0.15, 0.2) is 5.78 Å². The van der Waals surface area contributed by atoms with Gasteiger partial charge in [0.1, 0.15) is 5.75 Å². The second kappa shape index (κ2) is 5.02. The highest BCUT2D eigenvalue weighted by molar-refractivity contribution is 9.10. The zero-order valence-electron chi connectivity index (χ0n) is 9.49. The van der Waals surface area contributed by atoms with Crippen LogP contribution in [-0.4, -0.2) is 12.9 Å². The summed E-state index contributed by atoms with van der Waals surface area (Å²) < 4.78 is 6.18. The largest absolute Gasteiger partial charge is 0.496 e. The second-order valence-electron chi connectivity index (χ2n) is 3.57. The summed E-state index contributed by atoms with van der Waals surface area (Å²) in [5.74, 6) is 0.894. The minimum atomic E-state index is 0.102. The Morgan fingerprint density at radius 1 is 1.29 bits per heavy atom. The van der Waals surface area contributed by atoms with Crippen LogP contribution in [0.4, 0.5) is 0 Å². The molecule has 0 radical (unpaired) electrons. The first kappa shape index (κ1) is 12.3. The predicted molar refractivity (Wildman–Crippen MR) is 74.0 cm³/mol. The van der Waals surface area contributed by atoms with E-state index in [1.54, 1.807) is 14.0 Å². The fraction of sp³-hybridized carbons (Fsp3) is 0.154. The lowest BCUT2D eigenvalue weighted by molar-refractivity contribution is 0.102. The van der Waals surface area contributed by atoms with Crippen LogP contribution in [0.3, 0.4) is 0 Å². The summed E-state index contributed by atoms with van der Waals surface area (Å²) in [6.45, 7) is 1.58. The van der Waals surface area contributed by atoms with Gasteiger partial charge in [-0.15, -0.1) is 11.3 Å². The number of carbonyl (C=O) groups excluding carboxylic acids is 1. The van der Waals surface area contributed by atoms with E-state index < -0.39 is 0 Å². The van der Waals surface area contributed by atoms with Crippen molar-refractivity contribution in [3.8, 4) is 16.2 Å². The van der Waals surface area contributed by atoms with Crippen molar-refractivity contribution in [1.29, 1.82) is 0 Å². The van der Waals surface area contributed by atoms with E-state index in [1.807, 2.05) is 30.3 Å². The molecule has 2 rings (SSSR count). The van der Waals surface area contributed by atoms with Gasteiger partial charge in [0, 0.05) is 4.88 Å². The van der Waals surface area contributed by atoms with Crippen molar-refractivity contribution in [2.24, 2.45) is 0 Å². The minimum absolute atomic E-state index is 0.102. The maximum Gasteiger partial charge on any atom is 0.169 e. The van der Waals surface area contributed by atoms with Crippen LogP contribution in [0.2, 0.25) is 0 Å². The number of ether oxygens (including phenoxy) is 1. The molecule has 0 bridgehead atoms. The molecule has 0 aliphatic carbocycles. The quantitative estimate of drug-likeness (QED) is 0.786. The molecular formula is C13H11BrO2S. The number of thiophene rings is 1. The van der Waals surface area contributed by atoms with Crippen LogP contribution in [0.5, 0.6) is 5.75 Å². The average Bonchev–Trinajstić information content (AvgIpc) is 2.79. The fourth-order valence-electron chi connectivity index (χ4n) is 1.50. The van der Waals surface area contributed by atoms with Crippen molar-refractivity contribution in [2.45, 2.75) is 6.92 Å². The van der Waals surface area contributed by atoms with Gasteiger partial charge in [-0.3, -0.25) is 4.79 Å². The van der Waals surface area contributed by atoms with E-state index in [9.17, 15) is 4.79 Å². The van der Waals surface area contributed by atoms with E-state index in [4.69, 9.17) is 4.74 Å². The molecule has 88 valence electrons. The van der Waals surface area contributed by atoms with Crippen molar-refractivity contribution in [2.75, 3.05) is 7.11 Å². The van der Waals surface area contributed by atoms with Gasteiger partial charge < -0.3 is 4.74 Å². The van der Waals surface area contributed by atoms with Gasteiger partial charge >= 0.3 is 0 Å². The number of ketones is 1. The SMILES string of the molecule is COc1cc(-c2ccc(C(C)=O)s2)ccc1Br. The van der Waals surface area contributed by atoms with Gasteiger partial charge in [-0.25, -0.2) is 0 Å². The van der Waals surface area contributed by atoms with Crippen LogP contribution in [0.15, 0.2) is 34.8 Å². The molecule has 1 heterocycles. The third-order valence-electron chi connectivity index (χ3n) is 2.39. The Labute approximate surface area is 112 Å². The van der Waals surface area contributed by atoms with Crippen LogP contribution in [0, 0.1) is 0 Å². The summed E-state index contributed by atoms with van der Waals surface area (Å²) >= 11 is 4.91. The second-order valence-corrected chi connectivity index (χ2v) is 5.51. The number of Topliss-reactive ketones (excluding diaryl/α,β-unsaturated/α-hetero) is 1. The molecule has 0 amide bonds. The predicted octanol–water partition coefficient (Wildman–Crippen LogP) is 4.39. The topological polar surface area (TPSA) is 26.3 Å². The van der Waals surface area contributed by atoms with Gasteiger partial charge in [-0.05, 0) is 52.7 Å². The Balaban J connectivity index is 2.42. The minimum Gasteiger partial charge on any atom is -0.496 e. The molecule has 1 aromatic heterocycles. The first-order chi connectivity index (χ1) is 8.11. The number of halogens is 1. The van der Waals surface area contributed by atoms with Gasteiger partial charge in [-0.2, -0.15) is 0 Å². The zero-order chi connectivity index (χ0) is 12.4. The van der Waals surface area contributed by atoms with Gasteiger partial charge in [0.2, 0.25) is 0 Å². The zero-order valence-corrected chi connectivity index (χ0v) is 11.9.